The number of rotatable bonds is 2. The molecule has 2 N–H and O–H groups in total. The van der Waals surface area contributed by atoms with Crippen LogP contribution in [-0.4, -0.2) is 37.1 Å². The van der Waals surface area contributed by atoms with E-state index in [1.54, 1.807) is 4.90 Å². The number of aromatic nitrogens is 4. The van der Waals surface area contributed by atoms with E-state index >= 15 is 0 Å². The van der Waals surface area contributed by atoms with E-state index in [1.165, 1.54) is 12.7 Å². The molecule has 4 rings (SSSR count). The molecule has 110 valence electrons. The standard InChI is InChI=1S/C15H13N5O2/c21-15(22)11-5-9-3-1-2-4-10(9)6-20(11)14-12-13(17-7-16-12)18-8-19-14/h1-4,7-8,11H,5-6H2,(H,21,22)(H,16,17,18,19). The van der Waals surface area contributed by atoms with Gasteiger partial charge in [-0.3, -0.25) is 0 Å². The highest BCUT2D eigenvalue weighted by Crippen LogP contribution is 2.30. The maximum Gasteiger partial charge on any atom is 0.326 e. The fraction of sp³-hybridized carbons (Fsp3) is 0.200. The number of hydrogen-bond acceptors (Lipinski definition) is 5. The van der Waals surface area contributed by atoms with E-state index in [4.69, 9.17) is 0 Å². The van der Waals surface area contributed by atoms with E-state index in [1.807, 2.05) is 24.3 Å². The molecule has 0 aliphatic carbocycles. The first kappa shape index (κ1) is 12.8. The van der Waals surface area contributed by atoms with Gasteiger partial charge in [-0.25, -0.2) is 19.7 Å². The Bertz CT molecular complexity index is 860. The molecule has 0 amide bonds. The molecule has 3 heterocycles. The number of carboxylic acids is 1. The average molecular weight is 295 g/mol. The summed E-state index contributed by atoms with van der Waals surface area (Å²) in [6.07, 6.45) is 3.40. The second-order valence-electron chi connectivity index (χ2n) is 5.25. The van der Waals surface area contributed by atoms with Crippen LogP contribution in [0.3, 0.4) is 0 Å². The van der Waals surface area contributed by atoms with Crippen LogP contribution in [0.1, 0.15) is 11.1 Å². The van der Waals surface area contributed by atoms with Crippen LogP contribution in [0.4, 0.5) is 5.82 Å². The summed E-state index contributed by atoms with van der Waals surface area (Å²) in [6.45, 7) is 0.498. The Labute approximate surface area is 125 Å². The van der Waals surface area contributed by atoms with Crippen LogP contribution in [-0.2, 0) is 17.8 Å². The zero-order chi connectivity index (χ0) is 15.1. The molecule has 0 bridgehead atoms. The predicted molar refractivity (Wildman–Crippen MR) is 79.4 cm³/mol. The number of benzene rings is 1. The van der Waals surface area contributed by atoms with Gasteiger partial charge in [-0.1, -0.05) is 24.3 Å². The van der Waals surface area contributed by atoms with Gasteiger partial charge in [-0.05, 0) is 11.1 Å². The van der Waals surface area contributed by atoms with E-state index in [2.05, 4.69) is 19.9 Å². The third-order valence-electron chi connectivity index (χ3n) is 4.01. The van der Waals surface area contributed by atoms with Crippen LogP contribution < -0.4 is 4.90 Å². The van der Waals surface area contributed by atoms with Crippen molar-refractivity contribution < 1.29 is 9.90 Å². The molecule has 1 aliphatic heterocycles. The number of carbonyl (C=O) groups is 1. The van der Waals surface area contributed by atoms with Crippen molar-refractivity contribution in [1.29, 1.82) is 0 Å². The Kier molecular flexibility index (Phi) is 2.78. The van der Waals surface area contributed by atoms with E-state index in [0.29, 0.717) is 29.9 Å². The van der Waals surface area contributed by atoms with E-state index in [0.717, 1.165) is 11.1 Å². The fourth-order valence-electron chi connectivity index (χ4n) is 2.94. The molecule has 0 radical (unpaired) electrons. The van der Waals surface area contributed by atoms with Crippen LogP contribution in [0.2, 0.25) is 0 Å². The van der Waals surface area contributed by atoms with Crippen LogP contribution in [0.25, 0.3) is 11.2 Å². The molecule has 1 atom stereocenters. The number of aromatic amines is 1. The Morgan fingerprint density at radius 1 is 1.23 bits per heavy atom. The lowest BCUT2D eigenvalue weighted by Gasteiger charge is -2.35. The molecular formula is C15H13N5O2. The van der Waals surface area contributed by atoms with Gasteiger partial charge in [-0.15, -0.1) is 0 Å². The molecule has 1 aliphatic rings. The molecule has 1 unspecified atom stereocenters. The lowest BCUT2D eigenvalue weighted by molar-refractivity contribution is -0.138. The zero-order valence-electron chi connectivity index (χ0n) is 11.6. The van der Waals surface area contributed by atoms with Crippen molar-refractivity contribution >= 4 is 23.0 Å². The minimum atomic E-state index is -0.860. The number of H-pyrrole nitrogens is 1. The van der Waals surface area contributed by atoms with Crippen molar-refractivity contribution in [3.8, 4) is 0 Å². The van der Waals surface area contributed by atoms with Gasteiger partial charge >= 0.3 is 5.97 Å². The third-order valence-corrected chi connectivity index (χ3v) is 4.01. The van der Waals surface area contributed by atoms with Crippen molar-refractivity contribution in [2.24, 2.45) is 0 Å². The number of nitrogens with zero attached hydrogens (tertiary/aromatic N) is 4. The molecule has 0 saturated carbocycles. The molecule has 0 spiro atoms. The van der Waals surface area contributed by atoms with Crippen LogP contribution in [0.15, 0.2) is 36.9 Å². The van der Waals surface area contributed by atoms with E-state index in [-0.39, 0.29) is 0 Å². The van der Waals surface area contributed by atoms with Crippen molar-refractivity contribution in [2.75, 3.05) is 4.90 Å². The third kappa shape index (κ3) is 1.90. The second-order valence-corrected chi connectivity index (χ2v) is 5.25. The first-order valence-electron chi connectivity index (χ1n) is 6.94. The highest BCUT2D eigenvalue weighted by Gasteiger charge is 2.33. The van der Waals surface area contributed by atoms with Crippen LogP contribution >= 0.6 is 0 Å². The fourth-order valence-corrected chi connectivity index (χ4v) is 2.94. The topological polar surface area (TPSA) is 95.0 Å². The lowest BCUT2D eigenvalue weighted by atomic mass is 9.94. The number of nitrogens with one attached hydrogen (secondary N) is 1. The number of carboxylic acid groups (broad SMARTS) is 1. The van der Waals surface area contributed by atoms with Gasteiger partial charge < -0.3 is 15.0 Å². The summed E-state index contributed by atoms with van der Waals surface area (Å²) in [7, 11) is 0. The predicted octanol–water partition coefficient (Wildman–Crippen LogP) is 1.37. The Morgan fingerprint density at radius 3 is 2.86 bits per heavy atom. The number of anilines is 1. The summed E-state index contributed by atoms with van der Waals surface area (Å²) in [6, 6.07) is 7.24. The Hall–Kier alpha value is -2.96. The van der Waals surface area contributed by atoms with Gasteiger partial charge in [-0.2, -0.15) is 0 Å². The number of hydrogen-bond donors (Lipinski definition) is 2. The minimum absolute atomic E-state index is 0.450. The first-order valence-corrected chi connectivity index (χ1v) is 6.94. The average Bonchev–Trinajstić information content (AvgIpc) is 3.02. The van der Waals surface area contributed by atoms with E-state index in [9.17, 15) is 9.90 Å². The molecule has 2 aromatic heterocycles. The van der Waals surface area contributed by atoms with Crippen LogP contribution in [0.5, 0.6) is 0 Å². The summed E-state index contributed by atoms with van der Waals surface area (Å²) in [5.74, 6) is -0.287. The summed E-state index contributed by atoms with van der Waals surface area (Å²) in [4.78, 5) is 29.0. The van der Waals surface area contributed by atoms with Crippen molar-refractivity contribution in [1.82, 2.24) is 19.9 Å². The zero-order valence-corrected chi connectivity index (χ0v) is 11.6. The lowest BCUT2D eigenvalue weighted by Crippen LogP contribution is -2.46. The Balaban J connectivity index is 1.85. The smallest absolute Gasteiger partial charge is 0.326 e. The van der Waals surface area contributed by atoms with E-state index < -0.39 is 12.0 Å². The molecule has 22 heavy (non-hydrogen) atoms. The molecule has 0 fully saturated rings. The normalized spacial score (nSPS) is 17.5. The largest absolute Gasteiger partial charge is 0.480 e. The minimum Gasteiger partial charge on any atom is -0.480 e. The van der Waals surface area contributed by atoms with Crippen molar-refractivity contribution in [3.05, 3.63) is 48.0 Å². The monoisotopic (exact) mass is 295 g/mol. The molecule has 1 aromatic carbocycles. The Morgan fingerprint density at radius 2 is 2.05 bits per heavy atom. The summed E-state index contributed by atoms with van der Waals surface area (Å²) < 4.78 is 0. The molecule has 7 nitrogen and oxygen atoms in total. The maximum atomic E-state index is 11.7. The SMILES string of the molecule is O=C(O)C1Cc2ccccc2CN1c1ncnc2nc[nH]c12. The number of imidazole rings is 1. The van der Waals surface area contributed by atoms with Gasteiger partial charge in [0, 0.05) is 13.0 Å². The van der Waals surface area contributed by atoms with Gasteiger partial charge in [0.2, 0.25) is 0 Å². The first-order chi connectivity index (χ1) is 10.7. The van der Waals surface area contributed by atoms with Crippen molar-refractivity contribution in [3.63, 3.8) is 0 Å². The number of fused-ring (bicyclic) bond motifs is 2. The molecular weight excluding hydrogens is 282 g/mol. The molecule has 3 aromatic rings. The quantitative estimate of drug-likeness (QED) is 0.741. The van der Waals surface area contributed by atoms with Gasteiger partial charge in [0.1, 0.15) is 17.9 Å². The molecule has 7 heteroatoms. The summed E-state index contributed by atoms with van der Waals surface area (Å²) in [5.41, 5.74) is 3.38. The number of aliphatic carboxylic acids is 1. The van der Waals surface area contributed by atoms with Gasteiger partial charge in [0.05, 0.1) is 6.33 Å². The summed E-state index contributed by atoms with van der Waals surface area (Å²) >= 11 is 0. The summed E-state index contributed by atoms with van der Waals surface area (Å²) in [5, 5.41) is 9.61. The highest BCUT2D eigenvalue weighted by atomic mass is 16.4. The van der Waals surface area contributed by atoms with Crippen molar-refractivity contribution in [2.45, 2.75) is 19.0 Å². The van der Waals surface area contributed by atoms with Gasteiger partial charge in [0.25, 0.3) is 0 Å². The maximum absolute atomic E-state index is 11.7. The highest BCUT2D eigenvalue weighted by molar-refractivity contribution is 5.87. The second kappa shape index (κ2) is 4.80. The van der Waals surface area contributed by atoms with Crippen LogP contribution in [0, 0.1) is 0 Å². The molecule has 0 saturated heterocycles. The van der Waals surface area contributed by atoms with Gasteiger partial charge in [0.15, 0.2) is 11.5 Å².